The summed E-state index contributed by atoms with van der Waals surface area (Å²) < 4.78 is 5.39. The third kappa shape index (κ3) is 5.03. The second-order valence-electron chi connectivity index (χ2n) is 10.5. The van der Waals surface area contributed by atoms with Gasteiger partial charge in [0.05, 0.1) is 17.9 Å². The van der Waals surface area contributed by atoms with Gasteiger partial charge in [-0.15, -0.1) is 0 Å². The lowest BCUT2D eigenvalue weighted by Crippen LogP contribution is -2.28. The molecular formula is C32H32ClN3O4. The molecule has 2 aromatic rings. The molecule has 0 bridgehead atoms. The molecule has 2 heterocycles. The summed E-state index contributed by atoms with van der Waals surface area (Å²) in [6, 6.07) is 17.2. The summed E-state index contributed by atoms with van der Waals surface area (Å²) in [4.78, 5) is 27.6. The van der Waals surface area contributed by atoms with E-state index in [9.17, 15) is 14.7 Å². The fourth-order valence-electron chi connectivity index (χ4n) is 5.55. The van der Waals surface area contributed by atoms with Crippen LogP contribution in [0.25, 0.3) is 0 Å². The minimum Gasteiger partial charge on any atom is -0.476 e. The Labute approximate surface area is 239 Å². The number of hydrazone groups is 1. The van der Waals surface area contributed by atoms with E-state index < -0.39 is 11.9 Å². The van der Waals surface area contributed by atoms with Crippen molar-refractivity contribution in [3.05, 3.63) is 106 Å². The molecule has 2 aromatic carbocycles. The first kappa shape index (κ1) is 27.6. The average Bonchev–Trinajstić information content (AvgIpc) is 3.39. The molecule has 5 rings (SSSR count). The molecule has 0 unspecified atom stereocenters. The van der Waals surface area contributed by atoms with E-state index in [1.807, 2.05) is 6.07 Å². The number of carboxylic acids is 1. The van der Waals surface area contributed by atoms with Crippen LogP contribution in [0.2, 0.25) is 0 Å². The molecule has 0 fully saturated rings. The van der Waals surface area contributed by atoms with Crippen molar-refractivity contribution in [2.24, 2.45) is 5.10 Å². The van der Waals surface area contributed by atoms with E-state index in [0.717, 1.165) is 41.2 Å². The standard InChI is InChI=1S/C32H32ClN3O4/c1-32(2)25-14-7-8-15-26(25)35(18-19-40-3)27(32)17-16-21-10-9-11-22(28(21)33)20-24-29(31(38)39)34-36(30(24)37)23-12-5-4-6-13-23/h4-8,12-17,20H,9-11,18-19H2,1-3H3,(H,38,39). The van der Waals surface area contributed by atoms with Gasteiger partial charge in [0.15, 0.2) is 5.71 Å². The highest BCUT2D eigenvalue weighted by Crippen LogP contribution is 2.47. The fourth-order valence-corrected chi connectivity index (χ4v) is 5.86. The number of para-hydroxylation sites is 2. The number of rotatable bonds is 7. The number of fused-ring (bicyclic) bond motifs is 1. The van der Waals surface area contributed by atoms with E-state index in [2.05, 4.69) is 60.3 Å². The Balaban J connectivity index is 1.50. The minimum atomic E-state index is -1.26. The summed E-state index contributed by atoms with van der Waals surface area (Å²) >= 11 is 6.91. The zero-order valence-electron chi connectivity index (χ0n) is 22.9. The highest BCUT2D eigenvalue weighted by atomic mass is 35.5. The molecule has 0 saturated carbocycles. The van der Waals surface area contributed by atoms with E-state index in [0.29, 0.717) is 23.7 Å². The summed E-state index contributed by atoms with van der Waals surface area (Å²) in [6.45, 7) is 5.75. The van der Waals surface area contributed by atoms with Crippen molar-refractivity contribution in [1.29, 1.82) is 0 Å². The number of allylic oxidation sites excluding steroid dienone is 7. The van der Waals surface area contributed by atoms with Crippen LogP contribution in [-0.2, 0) is 19.7 Å². The third-order valence-corrected chi connectivity index (χ3v) is 8.10. The Morgan fingerprint density at radius 2 is 1.82 bits per heavy atom. The molecule has 2 aliphatic heterocycles. The van der Waals surface area contributed by atoms with Crippen LogP contribution in [0.15, 0.2) is 105 Å². The highest BCUT2D eigenvalue weighted by Gasteiger charge is 2.39. The molecule has 1 aliphatic carbocycles. The smallest absolute Gasteiger partial charge is 0.357 e. The zero-order chi connectivity index (χ0) is 28.4. The Morgan fingerprint density at radius 1 is 1.10 bits per heavy atom. The van der Waals surface area contributed by atoms with Gasteiger partial charge in [0, 0.05) is 35.5 Å². The maximum Gasteiger partial charge on any atom is 0.357 e. The number of nitrogens with zero attached hydrogens (tertiary/aromatic N) is 3. The number of amides is 1. The number of anilines is 2. The number of ether oxygens (including phenoxy) is 1. The maximum atomic E-state index is 13.3. The molecule has 0 aromatic heterocycles. The van der Waals surface area contributed by atoms with Crippen LogP contribution in [0.1, 0.15) is 38.7 Å². The van der Waals surface area contributed by atoms with E-state index in [1.54, 1.807) is 37.5 Å². The maximum absolute atomic E-state index is 13.3. The van der Waals surface area contributed by atoms with Crippen LogP contribution in [0.4, 0.5) is 11.4 Å². The zero-order valence-corrected chi connectivity index (χ0v) is 23.6. The van der Waals surface area contributed by atoms with E-state index in [-0.39, 0.29) is 16.7 Å². The summed E-state index contributed by atoms with van der Waals surface area (Å²) in [7, 11) is 1.70. The summed E-state index contributed by atoms with van der Waals surface area (Å²) in [6.07, 6.45) is 8.04. The normalized spacial score (nSPS) is 21.6. The van der Waals surface area contributed by atoms with Crippen LogP contribution in [-0.4, -0.2) is 43.0 Å². The Morgan fingerprint density at radius 3 is 2.55 bits per heavy atom. The van der Waals surface area contributed by atoms with Crippen LogP contribution in [0.5, 0.6) is 0 Å². The molecule has 8 heteroatoms. The van der Waals surface area contributed by atoms with Gasteiger partial charge in [0.1, 0.15) is 0 Å². The van der Waals surface area contributed by atoms with Gasteiger partial charge in [-0.05, 0) is 66.3 Å². The highest BCUT2D eigenvalue weighted by molar-refractivity contribution is 6.52. The van der Waals surface area contributed by atoms with E-state index >= 15 is 0 Å². The minimum absolute atomic E-state index is 0.0298. The van der Waals surface area contributed by atoms with Crippen molar-refractivity contribution in [2.75, 3.05) is 30.2 Å². The number of carbonyl (C=O) groups excluding carboxylic acids is 1. The number of halogens is 1. The van der Waals surface area contributed by atoms with E-state index in [4.69, 9.17) is 16.3 Å². The summed E-state index contributed by atoms with van der Waals surface area (Å²) in [5, 5.41) is 15.6. The SMILES string of the molecule is COCCN1C(=CC=C2CCCC(C=C3C(=O)N(c4ccccc4)N=C3C(=O)O)=C2Cl)C(C)(C)c2ccccc21. The molecule has 1 N–H and O–H groups in total. The number of carboxylic acid groups (broad SMARTS) is 1. The molecule has 0 spiro atoms. The first-order valence-corrected chi connectivity index (χ1v) is 13.7. The first-order valence-electron chi connectivity index (χ1n) is 13.3. The fraction of sp³-hybridized carbons (Fsp3) is 0.281. The lowest BCUT2D eigenvalue weighted by atomic mass is 9.83. The predicted molar refractivity (Wildman–Crippen MR) is 159 cm³/mol. The van der Waals surface area contributed by atoms with Gasteiger partial charge >= 0.3 is 5.97 Å². The van der Waals surface area contributed by atoms with Gasteiger partial charge in [-0.1, -0.05) is 67.9 Å². The number of benzene rings is 2. The van der Waals surface area contributed by atoms with Crippen molar-refractivity contribution in [3.8, 4) is 0 Å². The number of carbonyl (C=O) groups is 2. The quantitative estimate of drug-likeness (QED) is 0.402. The summed E-state index contributed by atoms with van der Waals surface area (Å²) in [5.41, 5.74) is 5.30. The van der Waals surface area contributed by atoms with Crippen molar-refractivity contribution in [3.63, 3.8) is 0 Å². The molecule has 7 nitrogen and oxygen atoms in total. The van der Waals surface area contributed by atoms with Gasteiger partial charge in [0.25, 0.3) is 5.91 Å². The van der Waals surface area contributed by atoms with Crippen molar-refractivity contribution in [1.82, 2.24) is 0 Å². The molecule has 0 atom stereocenters. The van der Waals surface area contributed by atoms with Gasteiger partial charge < -0.3 is 14.7 Å². The predicted octanol–water partition coefficient (Wildman–Crippen LogP) is 6.33. The van der Waals surface area contributed by atoms with Crippen molar-refractivity contribution >= 4 is 40.6 Å². The largest absolute Gasteiger partial charge is 0.476 e. The van der Waals surface area contributed by atoms with Gasteiger partial charge in [-0.2, -0.15) is 10.1 Å². The lowest BCUT2D eigenvalue weighted by Gasteiger charge is -2.27. The van der Waals surface area contributed by atoms with Gasteiger partial charge in [-0.3, -0.25) is 4.79 Å². The van der Waals surface area contributed by atoms with Crippen molar-refractivity contribution in [2.45, 2.75) is 38.5 Å². The van der Waals surface area contributed by atoms with Gasteiger partial charge in [-0.25, -0.2) is 4.79 Å². The summed E-state index contributed by atoms with van der Waals surface area (Å²) in [5.74, 6) is -1.75. The second-order valence-corrected chi connectivity index (χ2v) is 10.9. The van der Waals surface area contributed by atoms with Crippen LogP contribution >= 0.6 is 11.6 Å². The molecule has 3 aliphatic rings. The number of methoxy groups -OCH3 is 1. The van der Waals surface area contributed by atoms with Gasteiger partial charge in [0.2, 0.25) is 0 Å². The molecule has 0 saturated heterocycles. The molecular weight excluding hydrogens is 526 g/mol. The first-order chi connectivity index (χ1) is 19.2. The second kappa shape index (κ2) is 11.3. The number of hydrogen-bond acceptors (Lipinski definition) is 5. The lowest BCUT2D eigenvalue weighted by molar-refractivity contribution is -0.129. The average molecular weight is 558 g/mol. The number of hydrogen-bond donors (Lipinski definition) is 1. The number of aliphatic carboxylic acids is 1. The molecule has 206 valence electrons. The van der Waals surface area contributed by atoms with E-state index in [1.165, 1.54) is 11.3 Å². The van der Waals surface area contributed by atoms with Crippen LogP contribution < -0.4 is 9.91 Å². The van der Waals surface area contributed by atoms with Crippen LogP contribution in [0.3, 0.4) is 0 Å². The monoisotopic (exact) mass is 557 g/mol. The molecule has 1 amide bonds. The molecule has 0 radical (unpaired) electrons. The van der Waals surface area contributed by atoms with Crippen LogP contribution in [0, 0.1) is 0 Å². The Kier molecular flexibility index (Phi) is 7.79. The van der Waals surface area contributed by atoms with Crippen molar-refractivity contribution < 1.29 is 19.4 Å². The third-order valence-electron chi connectivity index (χ3n) is 7.62. The Hall–Kier alpha value is -3.94. The Bertz CT molecular complexity index is 1500. The molecule has 40 heavy (non-hydrogen) atoms. The topological polar surface area (TPSA) is 82.4 Å².